The third-order valence-corrected chi connectivity index (χ3v) is 5.06. The molecule has 11 heteroatoms. The first-order chi connectivity index (χ1) is 14.1. The van der Waals surface area contributed by atoms with Crippen LogP contribution < -0.4 is 15.0 Å². The van der Waals surface area contributed by atoms with Gasteiger partial charge in [0.15, 0.2) is 0 Å². The molecule has 2 aliphatic rings. The van der Waals surface area contributed by atoms with E-state index in [9.17, 15) is 17.6 Å². The Labute approximate surface area is 170 Å². The zero-order valence-corrected chi connectivity index (χ0v) is 16.2. The summed E-state index contributed by atoms with van der Waals surface area (Å²) in [5.41, 5.74) is 0.170. The summed E-state index contributed by atoms with van der Waals surface area (Å²) in [7, 11) is 0. The van der Waals surface area contributed by atoms with E-state index < -0.39 is 36.3 Å². The van der Waals surface area contributed by atoms with Gasteiger partial charge in [0.1, 0.15) is 5.75 Å². The van der Waals surface area contributed by atoms with Gasteiger partial charge in [0.2, 0.25) is 0 Å². The van der Waals surface area contributed by atoms with Crippen LogP contribution in [0.25, 0.3) is 0 Å². The SMILES string of the molecule is C[C@@H]1CN(c2ccc(OC(F)F)c(C(F)F)c2)[C@@H]2CCCC[C@H]2N1.O=C(O)C(=O)O. The summed E-state index contributed by atoms with van der Waals surface area (Å²) in [4.78, 5) is 20.3. The molecule has 1 aromatic carbocycles. The van der Waals surface area contributed by atoms with E-state index in [2.05, 4.69) is 21.9 Å². The molecular weight excluding hydrogens is 412 g/mol. The number of ether oxygens (including phenoxy) is 1. The maximum Gasteiger partial charge on any atom is 0.414 e. The average Bonchev–Trinajstić information content (AvgIpc) is 2.67. The van der Waals surface area contributed by atoms with E-state index >= 15 is 0 Å². The van der Waals surface area contributed by atoms with Gasteiger partial charge in [-0.2, -0.15) is 8.78 Å². The molecule has 168 valence electrons. The molecule has 0 spiro atoms. The number of halogens is 4. The standard InChI is InChI=1S/C17H22F4N2O.C2H2O4/c1-10-9-23(14-5-3-2-4-13(14)22-10)11-6-7-15(24-17(20)21)12(8-11)16(18)19;3-1(4)2(5)6/h6-8,10,13-14,16-17,22H,2-5,9H2,1H3;(H,3,4)(H,5,6)/t10-,13-,14-;/m1./s1. The molecule has 3 N–H and O–H groups in total. The Bertz CT molecular complexity index is 738. The average molecular weight is 436 g/mol. The fourth-order valence-electron chi connectivity index (χ4n) is 3.91. The molecule has 0 aromatic heterocycles. The molecule has 0 unspecified atom stereocenters. The second-order valence-corrected chi connectivity index (χ2v) is 7.19. The van der Waals surface area contributed by atoms with Crippen LogP contribution in [0, 0.1) is 0 Å². The number of rotatable bonds is 4. The fraction of sp³-hybridized carbons (Fsp3) is 0.579. The summed E-state index contributed by atoms with van der Waals surface area (Å²) in [6.07, 6.45) is 1.49. The van der Waals surface area contributed by atoms with Gasteiger partial charge in [-0.1, -0.05) is 12.8 Å². The van der Waals surface area contributed by atoms with Crippen LogP contribution in [0.15, 0.2) is 18.2 Å². The molecule has 0 bridgehead atoms. The molecule has 1 saturated heterocycles. The Morgan fingerprint density at radius 2 is 1.77 bits per heavy atom. The Hall–Kier alpha value is -2.56. The molecule has 1 saturated carbocycles. The van der Waals surface area contributed by atoms with E-state index in [4.69, 9.17) is 19.8 Å². The lowest BCUT2D eigenvalue weighted by Gasteiger charge is -2.48. The van der Waals surface area contributed by atoms with Crippen molar-refractivity contribution in [3.05, 3.63) is 23.8 Å². The van der Waals surface area contributed by atoms with Crippen LogP contribution in [0.2, 0.25) is 0 Å². The van der Waals surface area contributed by atoms with Crippen molar-refractivity contribution in [3.8, 4) is 5.75 Å². The molecule has 2 fully saturated rings. The van der Waals surface area contributed by atoms with E-state index in [1.165, 1.54) is 12.1 Å². The third kappa shape index (κ3) is 6.22. The Kier molecular flexibility index (Phi) is 8.27. The third-order valence-electron chi connectivity index (χ3n) is 5.06. The van der Waals surface area contributed by atoms with Crippen LogP contribution in [0.4, 0.5) is 23.2 Å². The largest absolute Gasteiger partial charge is 0.473 e. The lowest BCUT2D eigenvalue weighted by Crippen LogP contribution is -2.62. The van der Waals surface area contributed by atoms with Crippen molar-refractivity contribution in [2.45, 2.75) is 63.8 Å². The molecule has 0 radical (unpaired) electrons. The van der Waals surface area contributed by atoms with E-state index in [0.717, 1.165) is 25.7 Å². The molecule has 1 aromatic rings. The first-order valence-corrected chi connectivity index (χ1v) is 9.46. The van der Waals surface area contributed by atoms with Crippen molar-refractivity contribution in [2.24, 2.45) is 0 Å². The number of hydrogen-bond acceptors (Lipinski definition) is 5. The maximum absolute atomic E-state index is 13.3. The summed E-state index contributed by atoms with van der Waals surface area (Å²) in [5.74, 6) is -4.10. The number of nitrogens with one attached hydrogen (secondary N) is 1. The summed E-state index contributed by atoms with van der Waals surface area (Å²) >= 11 is 0. The lowest BCUT2D eigenvalue weighted by atomic mass is 9.86. The zero-order chi connectivity index (χ0) is 22.4. The van der Waals surface area contributed by atoms with E-state index in [1.807, 2.05) is 0 Å². The van der Waals surface area contributed by atoms with Gasteiger partial charge in [-0.25, -0.2) is 18.4 Å². The van der Waals surface area contributed by atoms with Crippen LogP contribution in [0.1, 0.15) is 44.6 Å². The Morgan fingerprint density at radius 1 is 1.13 bits per heavy atom. The highest BCUT2D eigenvalue weighted by Crippen LogP contribution is 2.37. The number of aliphatic carboxylic acids is 2. The number of nitrogens with zero attached hydrogens (tertiary/aromatic N) is 1. The maximum atomic E-state index is 13.3. The van der Waals surface area contributed by atoms with Gasteiger partial charge in [-0.05, 0) is 38.0 Å². The predicted octanol–water partition coefficient (Wildman–Crippen LogP) is 3.49. The molecular formula is C19H24F4N2O5. The number of alkyl halides is 4. The normalized spacial score (nSPS) is 23.4. The lowest BCUT2D eigenvalue weighted by molar-refractivity contribution is -0.159. The van der Waals surface area contributed by atoms with Crippen LogP contribution in [-0.4, -0.2) is 53.4 Å². The minimum absolute atomic E-state index is 0.247. The summed E-state index contributed by atoms with van der Waals surface area (Å²) in [6.45, 7) is -0.339. The van der Waals surface area contributed by atoms with Gasteiger partial charge in [-0.3, -0.25) is 0 Å². The van der Waals surface area contributed by atoms with Crippen molar-refractivity contribution < 1.29 is 42.1 Å². The molecule has 1 aliphatic carbocycles. The number of piperazine rings is 1. The molecule has 3 atom stereocenters. The molecule has 7 nitrogen and oxygen atoms in total. The second kappa shape index (κ2) is 10.5. The molecule has 1 aliphatic heterocycles. The second-order valence-electron chi connectivity index (χ2n) is 7.19. The first kappa shape index (κ1) is 23.7. The predicted molar refractivity (Wildman–Crippen MR) is 99.3 cm³/mol. The zero-order valence-electron chi connectivity index (χ0n) is 16.2. The summed E-state index contributed by atoms with van der Waals surface area (Å²) < 4.78 is 55.6. The number of carbonyl (C=O) groups is 2. The Morgan fingerprint density at radius 3 is 2.33 bits per heavy atom. The highest BCUT2D eigenvalue weighted by atomic mass is 19.3. The minimum Gasteiger partial charge on any atom is -0.473 e. The van der Waals surface area contributed by atoms with Crippen LogP contribution >= 0.6 is 0 Å². The number of hydrogen-bond donors (Lipinski definition) is 3. The van der Waals surface area contributed by atoms with Crippen molar-refractivity contribution >= 4 is 17.6 Å². The van der Waals surface area contributed by atoms with Gasteiger partial charge >= 0.3 is 18.6 Å². The number of anilines is 1. The number of carboxylic acid groups (broad SMARTS) is 2. The van der Waals surface area contributed by atoms with Crippen LogP contribution in [0.3, 0.4) is 0 Å². The topological polar surface area (TPSA) is 99.1 Å². The minimum atomic E-state index is -3.12. The van der Waals surface area contributed by atoms with E-state index in [-0.39, 0.29) is 12.1 Å². The van der Waals surface area contributed by atoms with Gasteiger partial charge < -0.3 is 25.2 Å². The Balaban J connectivity index is 0.000000469. The van der Waals surface area contributed by atoms with Crippen molar-refractivity contribution in [3.63, 3.8) is 0 Å². The molecule has 0 amide bonds. The monoisotopic (exact) mass is 436 g/mol. The summed E-state index contributed by atoms with van der Waals surface area (Å²) in [5, 5.41) is 18.4. The van der Waals surface area contributed by atoms with Crippen molar-refractivity contribution in [1.29, 1.82) is 0 Å². The molecule has 3 rings (SSSR count). The molecule has 1 heterocycles. The van der Waals surface area contributed by atoms with Gasteiger partial charge in [0.05, 0.1) is 5.56 Å². The quantitative estimate of drug-likeness (QED) is 0.491. The van der Waals surface area contributed by atoms with E-state index in [0.29, 0.717) is 18.3 Å². The first-order valence-electron chi connectivity index (χ1n) is 9.46. The highest BCUT2D eigenvalue weighted by Gasteiger charge is 2.36. The van der Waals surface area contributed by atoms with Crippen LogP contribution in [-0.2, 0) is 9.59 Å². The number of fused-ring (bicyclic) bond motifs is 1. The van der Waals surface area contributed by atoms with Crippen molar-refractivity contribution in [1.82, 2.24) is 5.32 Å². The van der Waals surface area contributed by atoms with Crippen molar-refractivity contribution in [2.75, 3.05) is 11.4 Å². The van der Waals surface area contributed by atoms with E-state index in [1.54, 1.807) is 6.07 Å². The van der Waals surface area contributed by atoms with Gasteiger partial charge in [-0.15, -0.1) is 0 Å². The smallest absolute Gasteiger partial charge is 0.414 e. The highest BCUT2D eigenvalue weighted by molar-refractivity contribution is 6.27. The van der Waals surface area contributed by atoms with Gasteiger partial charge in [0.25, 0.3) is 6.43 Å². The molecule has 30 heavy (non-hydrogen) atoms. The number of benzene rings is 1. The number of carboxylic acids is 2. The summed E-state index contributed by atoms with van der Waals surface area (Å²) in [6, 6.07) is 4.97. The van der Waals surface area contributed by atoms with Crippen LogP contribution in [0.5, 0.6) is 5.75 Å². The van der Waals surface area contributed by atoms with Gasteiger partial charge in [0, 0.05) is 30.4 Å². The fourth-order valence-corrected chi connectivity index (χ4v) is 3.91.